The van der Waals surface area contributed by atoms with E-state index in [4.69, 9.17) is 10.00 Å². The third-order valence-corrected chi connectivity index (χ3v) is 4.73. The molecule has 0 aliphatic rings. The van der Waals surface area contributed by atoms with Crippen LogP contribution in [0.1, 0.15) is 5.69 Å². The zero-order chi connectivity index (χ0) is 19.3. The van der Waals surface area contributed by atoms with Crippen molar-refractivity contribution in [3.05, 3.63) is 66.6 Å². The normalized spacial score (nSPS) is 10.4. The van der Waals surface area contributed by atoms with Crippen LogP contribution < -0.4 is 4.74 Å². The average molecular weight is 387 g/mol. The first-order valence-corrected chi connectivity index (χ1v) is 9.02. The average Bonchev–Trinajstić information content (AvgIpc) is 3.18. The summed E-state index contributed by atoms with van der Waals surface area (Å²) in [6, 6.07) is 16.7. The quantitative estimate of drug-likeness (QED) is 0.514. The molecule has 0 spiro atoms. The third-order valence-electron chi connectivity index (χ3n) is 3.85. The minimum atomic E-state index is 0.262. The van der Waals surface area contributed by atoms with Crippen LogP contribution >= 0.6 is 11.8 Å². The molecule has 8 nitrogen and oxygen atoms in total. The van der Waals surface area contributed by atoms with Gasteiger partial charge in [-0.3, -0.25) is 9.55 Å². The summed E-state index contributed by atoms with van der Waals surface area (Å²) in [6.07, 6.45) is 3.42. The van der Waals surface area contributed by atoms with Gasteiger partial charge in [0, 0.05) is 18.0 Å². The Bertz CT molecular complexity index is 1120. The zero-order valence-electron chi connectivity index (χ0n) is 14.7. The third kappa shape index (κ3) is 3.54. The largest absolute Gasteiger partial charge is 0.497 e. The van der Waals surface area contributed by atoms with Crippen LogP contribution in [0.15, 0.2) is 71.1 Å². The van der Waals surface area contributed by atoms with Crippen molar-refractivity contribution >= 4 is 11.8 Å². The van der Waals surface area contributed by atoms with Crippen LogP contribution in [0.25, 0.3) is 17.1 Å². The Morgan fingerprint density at radius 1 is 0.929 bits per heavy atom. The van der Waals surface area contributed by atoms with E-state index in [9.17, 15) is 0 Å². The molecular weight excluding hydrogens is 374 g/mol. The first kappa shape index (κ1) is 17.6. The van der Waals surface area contributed by atoms with E-state index in [0.717, 1.165) is 17.0 Å². The molecule has 1 aromatic carbocycles. The SMILES string of the molecule is COc1ccc(-n2c(Sc3ccc(C#N)nn3)nnc2-c2ccncc2)cc1. The molecule has 0 bridgehead atoms. The highest BCUT2D eigenvalue weighted by Gasteiger charge is 2.17. The minimum Gasteiger partial charge on any atom is -0.497 e. The molecule has 3 aromatic heterocycles. The first-order valence-electron chi connectivity index (χ1n) is 8.20. The van der Waals surface area contributed by atoms with E-state index >= 15 is 0 Å². The molecule has 0 aliphatic heterocycles. The highest BCUT2D eigenvalue weighted by Crippen LogP contribution is 2.31. The predicted molar refractivity (Wildman–Crippen MR) is 102 cm³/mol. The van der Waals surface area contributed by atoms with E-state index in [1.807, 2.05) is 47.0 Å². The van der Waals surface area contributed by atoms with Crippen molar-refractivity contribution in [1.29, 1.82) is 5.26 Å². The topological polar surface area (TPSA) is 102 Å². The Morgan fingerprint density at radius 3 is 2.36 bits per heavy atom. The molecule has 0 fully saturated rings. The molecule has 4 aromatic rings. The number of nitrogens with zero attached hydrogens (tertiary/aromatic N) is 7. The van der Waals surface area contributed by atoms with Crippen molar-refractivity contribution in [2.45, 2.75) is 10.2 Å². The highest BCUT2D eigenvalue weighted by atomic mass is 32.2. The maximum Gasteiger partial charge on any atom is 0.202 e. The fourth-order valence-electron chi connectivity index (χ4n) is 2.52. The Kier molecular flexibility index (Phi) is 4.95. The second-order valence-corrected chi connectivity index (χ2v) is 6.53. The van der Waals surface area contributed by atoms with Crippen LogP contribution in [0.5, 0.6) is 5.75 Å². The second-order valence-electron chi connectivity index (χ2n) is 5.55. The summed E-state index contributed by atoms with van der Waals surface area (Å²) in [4.78, 5) is 4.06. The molecule has 4 rings (SSSR count). The molecule has 9 heteroatoms. The Labute approximate surface area is 164 Å². The van der Waals surface area contributed by atoms with Crippen LogP contribution in [0.2, 0.25) is 0 Å². The van der Waals surface area contributed by atoms with Gasteiger partial charge in [0.05, 0.1) is 12.8 Å². The molecule has 136 valence electrons. The molecule has 0 unspecified atom stereocenters. The van der Waals surface area contributed by atoms with Gasteiger partial charge in [0.25, 0.3) is 0 Å². The summed E-state index contributed by atoms with van der Waals surface area (Å²) in [6.45, 7) is 0. The van der Waals surface area contributed by atoms with Crippen molar-refractivity contribution in [2.24, 2.45) is 0 Å². The summed E-state index contributed by atoms with van der Waals surface area (Å²) >= 11 is 1.31. The van der Waals surface area contributed by atoms with E-state index in [-0.39, 0.29) is 5.69 Å². The Morgan fingerprint density at radius 2 is 1.71 bits per heavy atom. The lowest BCUT2D eigenvalue weighted by atomic mass is 10.2. The maximum atomic E-state index is 8.88. The summed E-state index contributed by atoms with van der Waals surface area (Å²) in [5, 5.41) is 26.8. The van der Waals surface area contributed by atoms with Gasteiger partial charge in [-0.15, -0.1) is 20.4 Å². The van der Waals surface area contributed by atoms with Gasteiger partial charge in [0.1, 0.15) is 16.8 Å². The van der Waals surface area contributed by atoms with Crippen molar-refractivity contribution < 1.29 is 4.74 Å². The number of nitriles is 1. The van der Waals surface area contributed by atoms with Gasteiger partial charge in [-0.25, -0.2) is 0 Å². The lowest BCUT2D eigenvalue weighted by Crippen LogP contribution is -2.00. The van der Waals surface area contributed by atoms with Gasteiger partial charge in [-0.2, -0.15) is 5.26 Å². The number of hydrogen-bond donors (Lipinski definition) is 0. The van der Waals surface area contributed by atoms with Gasteiger partial charge in [0.15, 0.2) is 11.5 Å². The van der Waals surface area contributed by atoms with Gasteiger partial charge in [-0.05, 0) is 60.3 Å². The number of rotatable bonds is 5. The molecule has 0 aliphatic carbocycles. The van der Waals surface area contributed by atoms with Gasteiger partial charge < -0.3 is 4.74 Å². The lowest BCUT2D eigenvalue weighted by molar-refractivity contribution is 0.414. The zero-order valence-corrected chi connectivity index (χ0v) is 15.5. The number of aromatic nitrogens is 6. The Balaban J connectivity index is 1.79. The van der Waals surface area contributed by atoms with Crippen molar-refractivity contribution in [2.75, 3.05) is 7.11 Å². The number of pyridine rings is 1. The Hall–Kier alpha value is -3.77. The summed E-state index contributed by atoms with van der Waals surface area (Å²) in [7, 11) is 1.63. The van der Waals surface area contributed by atoms with Gasteiger partial charge >= 0.3 is 0 Å². The molecule has 0 amide bonds. The van der Waals surface area contributed by atoms with E-state index in [0.29, 0.717) is 16.0 Å². The number of hydrogen-bond acceptors (Lipinski definition) is 8. The molecule has 0 saturated carbocycles. The van der Waals surface area contributed by atoms with E-state index in [2.05, 4.69) is 25.4 Å². The van der Waals surface area contributed by atoms with Crippen molar-refractivity contribution in [3.8, 4) is 28.9 Å². The van der Waals surface area contributed by atoms with E-state index in [1.54, 1.807) is 31.6 Å². The standard InChI is InChI=1S/C19H13N7OS/c1-27-16-5-3-15(4-6-16)26-18(13-8-10-21-11-9-13)24-25-19(26)28-17-7-2-14(12-20)22-23-17/h2-11H,1H3. The van der Waals surface area contributed by atoms with Crippen LogP contribution in [0.3, 0.4) is 0 Å². The van der Waals surface area contributed by atoms with Crippen LogP contribution in [0, 0.1) is 11.3 Å². The highest BCUT2D eigenvalue weighted by molar-refractivity contribution is 7.99. The number of benzene rings is 1. The van der Waals surface area contributed by atoms with Crippen molar-refractivity contribution in [3.63, 3.8) is 0 Å². The first-order chi connectivity index (χ1) is 13.8. The fourth-order valence-corrected chi connectivity index (χ4v) is 3.29. The summed E-state index contributed by atoms with van der Waals surface area (Å²) in [5.74, 6) is 1.44. The minimum absolute atomic E-state index is 0.262. The molecule has 28 heavy (non-hydrogen) atoms. The van der Waals surface area contributed by atoms with E-state index in [1.165, 1.54) is 11.8 Å². The van der Waals surface area contributed by atoms with Crippen LogP contribution in [-0.2, 0) is 0 Å². The van der Waals surface area contributed by atoms with Gasteiger partial charge in [0.2, 0.25) is 5.16 Å². The van der Waals surface area contributed by atoms with E-state index < -0.39 is 0 Å². The molecule has 0 radical (unpaired) electrons. The molecular formula is C19H13N7OS. The maximum absolute atomic E-state index is 8.88. The smallest absolute Gasteiger partial charge is 0.202 e. The summed E-state index contributed by atoms with van der Waals surface area (Å²) < 4.78 is 7.18. The molecule has 0 saturated heterocycles. The molecule has 3 heterocycles. The monoisotopic (exact) mass is 387 g/mol. The van der Waals surface area contributed by atoms with Crippen molar-refractivity contribution in [1.82, 2.24) is 29.9 Å². The second kappa shape index (κ2) is 7.85. The molecule has 0 atom stereocenters. The van der Waals surface area contributed by atoms with Crippen LogP contribution in [-0.4, -0.2) is 37.1 Å². The van der Waals surface area contributed by atoms with Gasteiger partial charge in [-0.1, -0.05) is 0 Å². The lowest BCUT2D eigenvalue weighted by Gasteiger charge is -2.10. The summed E-state index contributed by atoms with van der Waals surface area (Å²) in [5.41, 5.74) is 2.02. The number of ether oxygens (including phenoxy) is 1. The van der Waals surface area contributed by atoms with Crippen LogP contribution in [0.4, 0.5) is 0 Å². The number of methoxy groups -OCH3 is 1. The predicted octanol–water partition coefficient (Wildman–Crippen LogP) is 3.15. The molecule has 0 N–H and O–H groups in total. The fraction of sp³-hybridized carbons (Fsp3) is 0.0526.